The fourth-order valence-electron chi connectivity index (χ4n) is 4.96. The van der Waals surface area contributed by atoms with Gasteiger partial charge in [0.2, 0.25) is 0 Å². The lowest BCUT2D eigenvalue weighted by molar-refractivity contribution is 0.198. The Hall–Kier alpha value is -0.830. The molecule has 0 aromatic heterocycles. The van der Waals surface area contributed by atoms with Gasteiger partial charge in [0.05, 0.1) is 6.61 Å². The van der Waals surface area contributed by atoms with Crippen molar-refractivity contribution in [1.82, 2.24) is 0 Å². The third-order valence-corrected chi connectivity index (χ3v) is 8.21. The van der Waals surface area contributed by atoms with Crippen LogP contribution >= 0.6 is 7.82 Å². The van der Waals surface area contributed by atoms with Gasteiger partial charge in [-0.15, -0.1) is 0 Å². The Bertz CT molecular complexity index is 706. The fourth-order valence-corrected chi connectivity index (χ4v) is 5.79. The van der Waals surface area contributed by atoms with E-state index in [2.05, 4.69) is 26.8 Å². The number of phosphoric ester groups is 1. The van der Waals surface area contributed by atoms with Crippen LogP contribution in [-0.4, -0.2) is 11.5 Å². The summed E-state index contributed by atoms with van der Waals surface area (Å²) in [7, 11) is -4.13. The highest BCUT2D eigenvalue weighted by atomic mass is 31.2. The first-order valence-corrected chi connectivity index (χ1v) is 17.3. The van der Waals surface area contributed by atoms with E-state index < -0.39 is 7.82 Å². The molecule has 1 N–H and O–H groups in total. The van der Waals surface area contributed by atoms with Crippen LogP contribution in [0.1, 0.15) is 160 Å². The molecule has 0 bridgehead atoms. The van der Waals surface area contributed by atoms with Crippen molar-refractivity contribution in [1.29, 1.82) is 0 Å². The van der Waals surface area contributed by atoms with E-state index in [4.69, 9.17) is 9.05 Å². The average Bonchev–Trinajstić information content (AvgIpc) is 2.88. The second kappa shape index (κ2) is 23.1. The maximum absolute atomic E-state index is 12.8. The Kier molecular flexibility index (Phi) is 21.3. The molecule has 1 rings (SSSR count). The first-order chi connectivity index (χ1) is 18.0. The van der Waals surface area contributed by atoms with E-state index in [-0.39, 0.29) is 6.61 Å². The van der Waals surface area contributed by atoms with Crippen LogP contribution in [0.25, 0.3) is 0 Å². The molecule has 0 fully saturated rings. The lowest BCUT2D eigenvalue weighted by Crippen LogP contribution is -2.04. The molecule has 1 unspecified atom stereocenters. The molecule has 0 aliphatic heterocycles. The summed E-state index contributed by atoms with van der Waals surface area (Å²) in [5.74, 6) is 0.542. The molecule has 0 heterocycles. The van der Waals surface area contributed by atoms with E-state index in [1.807, 2.05) is 12.1 Å². The highest BCUT2D eigenvalue weighted by Gasteiger charge is 2.25. The predicted octanol–water partition coefficient (Wildman–Crippen LogP) is 11.1. The highest BCUT2D eigenvalue weighted by Crippen LogP contribution is 2.45. The number of unbranched alkanes of at least 4 members (excludes halogenated alkanes) is 17. The molecule has 5 heteroatoms. The molecule has 0 radical (unpaired) electrons. The van der Waals surface area contributed by atoms with Gasteiger partial charge in [-0.05, 0) is 49.3 Å². The third kappa shape index (κ3) is 18.2. The minimum absolute atomic E-state index is 0.269. The van der Waals surface area contributed by atoms with E-state index in [9.17, 15) is 9.46 Å². The van der Waals surface area contributed by atoms with Gasteiger partial charge in [-0.3, -0.25) is 9.42 Å². The number of phosphoric acid groups is 1. The predicted molar refractivity (Wildman–Crippen MR) is 160 cm³/mol. The smallest absolute Gasteiger partial charge is 0.404 e. The van der Waals surface area contributed by atoms with E-state index in [0.717, 1.165) is 50.5 Å². The molecule has 216 valence electrons. The second-order valence-corrected chi connectivity index (χ2v) is 12.2. The lowest BCUT2D eigenvalue weighted by Gasteiger charge is -2.18. The summed E-state index contributed by atoms with van der Waals surface area (Å²) < 4.78 is 23.8. The van der Waals surface area contributed by atoms with Gasteiger partial charge in [-0.2, -0.15) is 0 Å². The van der Waals surface area contributed by atoms with E-state index in [1.54, 1.807) is 0 Å². The number of aryl methyl sites for hydroxylation is 1. The zero-order chi connectivity index (χ0) is 27.0. The van der Waals surface area contributed by atoms with Gasteiger partial charge in [-0.25, -0.2) is 4.57 Å². The summed E-state index contributed by atoms with van der Waals surface area (Å²) in [4.78, 5) is 10.4. The summed E-state index contributed by atoms with van der Waals surface area (Å²) in [5, 5.41) is 0. The second-order valence-electron chi connectivity index (χ2n) is 10.8. The van der Waals surface area contributed by atoms with Gasteiger partial charge >= 0.3 is 7.82 Å². The lowest BCUT2D eigenvalue weighted by atomic mass is 9.95. The van der Waals surface area contributed by atoms with Gasteiger partial charge in [0.15, 0.2) is 0 Å². The maximum Gasteiger partial charge on any atom is 0.527 e. The van der Waals surface area contributed by atoms with Crippen molar-refractivity contribution in [2.45, 2.75) is 162 Å². The van der Waals surface area contributed by atoms with Crippen molar-refractivity contribution in [2.24, 2.45) is 0 Å². The highest BCUT2D eigenvalue weighted by molar-refractivity contribution is 7.47. The van der Waals surface area contributed by atoms with E-state index in [0.29, 0.717) is 5.75 Å². The van der Waals surface area contributed by atoms with Crippen LogP contribution < -0.4 is 4.52 Å². The van der Waals surface area contributed by atoms with Crippen molar-refractivity contribution in [3.8, 4) is 5.75 Å². The molecule has 1 aromatic carbocycles. The Morgan fingerprint density at radius 1 is 0.622 bits per heavy atom. The fraction of sp³-hybridized carbons (Fsp3) is 0.812. The van der Waals surface area contributed by atoms with Crippen LogP contribution in [0.3, 0.4) is 0 Å². The third-order valence-electron chi connectivity index (χ3n) is 7.28. The topological polar surface area (TPSA) is 55.8 Å². The first-order valence-electron chi connectivity index (χ1n) is 15.8. The molecule has 0 spiro atoms. The van der Waals surface area contributed by atoms with Crippen molar-refractivity contribution < 1.29 is 18.5 Å². The van der Waals surface area contributed by atoms with Crippen LogP contribution in [0.15, 0.2) is 18.2 Å². The minimum atomic E-state index is -4.13. The summed E-state index contributed by atoms with van der Waals surface area (Å²) in [5.41, 5.74) is 2.38. The average molecular weight is 539 g/mol. The number of hydrogen-bond acceptors (Lipinski definition) is 3. The standard InChI is InChI=1S/C32H59O4P/c1-4-7-10-13-16-18-21-25-30-26-24-28-32(31(30)27-22-19-17-14-11-8-5-2)36-37(33,34)35-29-23-20-15-12-9-6-3/h24,26,28H,4-23,25,27,29H2,1-3H3,(H,33,34). The van der Waals surface area contributed by atoms with Crippen molar-refractivity contribution in [2.75, 3.05) is 6.61 Å². The van der Waals surface area contributed by atoms with Gasteiger partial charge in [0, 0.05) is 0 Å². The summed E-state index contributed by atoms with van der Waals surface area (Å²) in [6, 6.07) is 6.00. The monoisotopic (exact) mass is 538 g/mol. The van der Waals surface area contributed by atoms with Gasteiger partial charge in [-0.1, -0.05) is 142 Å². The van der Waals surface area contributed by atoms with Gasteiger partial charge in [0.1, 0.15) is 5.75 Å². The van der Waals surface area contributed by atoms with Crippen LogP contribution in [0.4, 0.5) is 0 Å². The van der Waals surface area contributed by atoms with Crippen molar-refractivity contribution in [3.05, 3.63) is 29.3 Å². The van der Waals surface area contributed by atoms with E-state index in [1.165, 1.54) is 102 Å². The molecule has 0 saturated carbocycles. The summed E-state index contributed by atoms with van der Waals surface area (Å²) >= 11 is 0. The molecule has 0 aliphatic carbocycles. The zero-order valence-electron chi connectivity index (χ0n) is 24.6. The number of rotatable bonds is 26. The van der Waals surface area contributed by atoms with Crippen LogP contribution in [0.5, 0.6) is 5.75 Å². The molecule has 0 amide bonds. The van der Waals surface area contributed by atoms with Gasteiger partial charge in [0.25, 0.3) is 0 Å². The SMILES string of the molecule is CCCCCCCCCc1cccc(OP(=O)(O)OCCCCCCCC)c1CCCCCCCCC. The molecule has 37 heavy (non-hydrogen) atoms. The largest absolute Gasteiger partial charge is 0.527 e. The zero-order valence-corrected chi connectivity index (χ0v) is 25.5. The Labute approximate surface area is 229 Å². The van der Waals surface area contributed by atoms with Gasteiger partial charge < -0.3 is 4.52 Å². The normalized spacial score (nSPS) is 13.1. The quantitative estimate of drug-likeness (QED) is 0.0941. The molecule has 1 aromatic rings. The minimum Gasteiger partial charge on any atom is -0.404 e. The molecular formula is C32H59O4P. The Morgan fingerprint density at radius 3 is 1.62 bits per heavy atom. The van der Waals surface area contributed by atoms with E-state index >= 15 is 0 Å². The Morgan fingerprint density at radius 2 is 1.08 bits per heavy atom. The molecule has 1 atom stereocenters. The Balaban J connectivity index is 2.67. The summed E-state index contributed by atoms with van der Waals surface area (Å²) in [6.07, 6.45) is 26.3. The molecule has 4 nitrogen and oxygen atoms in total. The van der Waals surface area contributed by atoms with Crippen LogP contribution in [0, 0.1) is 0 Å². The summed E-state index contributed by atoms with van der Waals surface area (Å²) in [6.45, 7) is 6.98. The molecular weight excluding hydrogens is 479 g/mol. The molecule has 0 aliphatic rings. The number of benzene rings is 1. The van der Waals surface area contributed by atoms with Crippen molar-refractivity contribution >= 4 is 7.82 Å². The first kappa shape index (κ1) is 34.2. The molecule has 0 saturated heterocycles. The maximum atomic E-state index is 12.8. The van der Waals surface area contributed by atoms with Crippen LogP contribution in [0.2, 0.25) is 0 Å². The number of hydrogen-bond donors (Lipinski definition) is 1. The van der Waals surface area contributed by atoms with Crippen molar-refractivity contribution in [3.63, 3.8) is 0 Å². The van der Waals surface area contributed by atoms with Crippen LogP contribution in [-0.2, 0) is 21.9 Å².